The molecule has 2 amide bonds. The first-order chi connectivity index (χ1) is 22.1. The largest absolute Gasteiger partial charge is 0.573 e. The normalized spacial score (nSPS) is 12.5. The number of carbonyl (C=O) groups excluding carboxylic acids is 2. The predicted octanol–water partition coefficient (Wildman–Crippen LogP) is 7.29. The monoisotopic (exact) mass is 632 g/mol. The van der Waals surface area contributed by atoms with E-state index in [9.17, 15) is 22.8 Å². The van der Waals surface area contributed by atoms with Crippen molar-refractivity contribution in [3.05, 3.63) is 131 Å². The van der Waals surface area contributed by atoms with Crippen LogP contribution in [0.25, 0.3) is 0 Å². The molecule has 1 atom stereocenters. The number of alkyl halides is 3. The minimum absolute atomic E-state index is 0.149. The molecule has 0 aliphatic carbocycles. The van der Waals surface area contributed by atoms with Gasteiger partial charge in [0.2, 0.25) is 0 Å². The van der Waals surface area contributed by atoms with Gasteiger partial charge in [0.25, 0.3) is 18.1 Å². The zero-order valence-electron chi connectivity index (χ0n) is 24.6. The molecule has 0 radical (unpaired) electrons. The van der Waals surface area contributed by atoms with E-state index in [1.165, 1.54) is 12.1 Å². The highest BCUT2D eigenvalue weighted by molar-refractivity contribution is 5.94. The van der Waals surface area contributed by atoms with Crippen molar-refractivity contribution in [2.45, 2.75) is 38.1 Å². The molecule has 4 aromatic carbocycles. The number of hydrogen-bond acceptors (Lipinski definition) is 8. The van der Waals surface area contributed by atoms with Crippen LogP contribution in [0.2, 0.25) is 0 Å². The summed E-state index contributed by atoms with van der Waals surface area (Å²) in [7, 11) is 0. The van der Waals surface area contributed by atoms with Gasteiger partial charge >= 0.3 is 6.36 Å². The molecule has 0 bridgehead atoms. The van der Waals surface area contributed by atoms with E-state index in [0.717, 1.165) is 23.3 Å². The highest BCUT2D eigenvalue weighted by atomic mass is 19.4. The van der Waals surface area contributed by atoms with Gasteiger partial charge in [-0.1, -0.05) is 72.8 Å². The number of nitrogens with one attached hydrogen (secondary N) is 3. The third-order valence-electron chi connectivity index (χ3n) is 6.93. The van der Waals surface area contributed by atoms with Crippen molar-refractivity contribution >= 4 is 11.8 Å². The molecule has 46 heavy (non-hydrogen) atoms. The van der Waals surface area contributed by atoms with Gasteiger partial charge in [0.05, 0.1) is 0 Å². The van der Waals surface area contributed by atoms with E-state index in [-0.39, 0.29) is 36.2 Å². The number of amides is 2. The number of ether oxygens (including phenoxy) is 2. The smallest absolute Gasteiger partial charge is 0.481 e. The lowest BCUT2D eigenvalue weighted by atomic mass is 9.90. The molecule has 4 rings (SSSR count). The fourth-order valence-corrected chi connectivity index (χ4v) is 4.73. The second kappa shape index (κ2) is 15.4. The van der Waals surface area contributed by atoms with Crippen molar-refractivity contribution in [3.8, 4) is 11.5 Å². The minimum Gasteiger partial charge on any atom is -0.481 e. The average Bonchev–Trinajstić information content (AvgIpc) is 3.06. The van der Waals surface area contributed by atoms with Crippen LogP contribution in [0.5, 0.6) is 11.5 Å². The number of rotatable bonds is 14. The van der Waals surface area contributed by atoms with Gasteiger partial charge in [-0.25, -0.2) is 11.1 Å². The van der Waals surface area contributed by atoms with Gasteiger partial charge in [0, 0.05) is 24.6 Å². The number of hydrogen-bond donors (Lipinski definition) is 3. The van der Waals surface area contributed by atoms with Crippen LogP contribution in [0, 0.1) is 11.1 Å². The highest BCUT2D eigenvalue weighted by Crippen LogP contribution is 2.28. The number of halogens is 3. The highest BCUT2D eigenvalue weighted by Gasteiger charge is 2.31. The summed E-state index contributed by atoms with van der Waals surface area (Å²) in [6.45, 7) is 1.97. The van der Waals surface area contributed by atoms with Gasteiger partial charge < -0.3 is 19.7 Å². The van der Waals surface area contributed by atoms with Crippen LogP contribution in [0.15, 0.2) is 119 Å². The summed E-state index contributed by atoms with van der Waals surface area (Å²) >= 11 is 0. The van der Waals surface area contributed by atoms with Crippen LogP contribution in [0.4, 0.5) is 13.2 Å². The molecule has 0 saturated carbocycles. The summed E-state index contributed by atoms with van der Waals surface area (Å²) in [6, 6.07) is 30.7. The summed E-state index contributed by atoms with van der Waals surface area (Å²) in [4.78, 5) is 28.1. The first kappa shape index (κ1) is 33.3. The van der Waals surface area contributed by atoms with Crippen molar-refractivity contribution in [2.24, 2.45) is 10.2 Å². The molecule has 1 unspecified atom stereocenters. The molecule has 4 aromatic rings. The first-order valence-electron chi connectivity index (χ1n) is 14.1. The maximum absolute atomic E-state index is 14.0. The van der Waals surface area contributed by atoms with Crippen LogP contribution >= 0.6 is 0 Å². The van der Waals surface area contributed by atoms with Gasteiger partial charge in [-0.05, 0) is 60.0 Å². The summed E-state index contributed by atoms with van der Waals surface area (Å²) in [5.74, 6) is -1.37. The van der Waals surface area contributed by atoms with E-state index in [2.05, 4.69) is 20.3 Å². The fourth-order valence-electron chi connectivity index (χ4n) is 4.73. The van der Waals surface area contributed by atoms with E-state index in [4.69, 9.17) is 15.8 Å². The van der Waals surface area contributed by atoms with Gasteiger partial charge in [-0.2, -0.15) is 0 Å². The number of carbonyl (C=O) groups is 2. The number of benzene rings is 4. The Balaban J connectivity index is 1.59. The average molecular weight is 633 g/mol. The van der Waals surface area contributed by atoms with Crippen molar-refractivity contribution < 1.29 is 32.2 Å². The van der Waals surface area contributed by atoms with Gasteiger partial charge in [-0.15, -0.1) is 23.4 Å². The second-order valence-corrected chi connectivity index (χ2v) is 10.2. The van der Waals surface area contributed by atoms with Gasteiger partial charge in [0.15, 0.2) is 6.10 Å². The molecule has 0 aliphatic rings. The third-order valence-corrected chi connectivity index (χ3v) is 6.93. The quantitative estimate of drug-likeness (QED) is 0.126. The van der Waals surface area contributed by atoms with E-state index >= 15 is 0 Å². The zero-order valence-corrected chi connectivity index (χ0v) is 24.6. The lowest BCUT2D eigenvalue weighted by Crippen LogP contribution is -2.42. The van der Waals surface area contributed by atoms with Crippen molar-refractivity contribution in [1.82, 2.24) is 10.2 Å². The van der Waals surface area contributed by atoms with Gasteiger partial charge in [-0.3, -0.25) is 9.59 Å². The lowest BCUT2D eigenvalue weighted by molar-refractivity contribution is -0.274. The molecule has 0 saturated heterocycles. The van der Waals surface area contributed by atoms with E-state index in [1.807, 2.05) is 60.7 Å². The van der Waals surface area contributed by atoms with E-state index in [1.54, 1.807) is 36.1 Å². The maximum Gasteiger partial charge on any atom is 0.573 e. The molecule has 13 heteroatoms. The fraction of sp³-hybridized carbons (Fsp3) is 0.212. The van der Waals surface area contributed by atoms with Crippen LogP contribution in [-0.2, 0) is 11.3 Å². The summed E-state index contributed by atoms with van der Waals surface area (Å²) in [5.41, 5.74) is 16.9. The summed E-state index contributed by atoms with van der Waals surface area (Å²) in [6.07, 6.45) is -7.16. The Morgan fingerprint density at radius 2 is 1.33 bits per heavy atom. The Labute approximate surface area is 263 Å². The maximum atomic E-state index is 14.0. The van der Waals surface area contributed by atoms with Crippen LogP contribution in [0.3, 0.4) is 0 Å². The SMILES string of the molecule is CC(Oc1ccc(OC(F)(F)F)cc1)C(=O)N(Cc1ccc(C(=O)NC(N=N)N=N)cc1)CC(c1ccccc1)c1ccccc1. The molecule has 0 heterocycles. The summed E-state index contributed by atoms with van der Waals surface area (Å²) < 4.78 is 47.5. The van der Waals surface area contributed by atoms with Crippen molar-refractivity contribution in [2.75, 3.05) is 6.54 Å². The molecule has 3 N–H and O–H groups in total. The molecule has 0 aliphatic heterocycles. The molecule has 0 aromatic heterocycles. The summed E-state index contributed by atoms with van der Waals surface area (Å²) in [5, 5.41) is 8.43. The molecule has 10 nitrogen and oxygen atoms in total. The zero-order chi connectivity index (χ0) is 33.1. The van der Waals surface area contributed by atoms with Crippen molar-refractivity contribution in [1.29, 1.82) is 11.1 Å². The predicted molar refractivity (Wildman–Crippen MR) is 161 cm³/mol. The lowest BCUT2D eigenvalue weighted by Gasteiger charge is -2.31. The molecule has 0 fully saturated rings. The second-order valence-electron chi connectivity index (χ2n) is 10.2. The molecular weight excluding hydrogens is 601 g/mol. The van der Waals surface area contributed by atoms with Crippen molar-refractivity contribution in [3.63, 3.8) is 0 Å². The molecule has 238 valence electrons. The third kappa shape index (κ3) is 9.45. The molecular formula is C33H31F3N6O4. The van der Waals surface area contributed by atoms with Crippen LogP contribution in [0.1, 0.15) is 39.9 Å². The Morgan fingerprint density at radius 3 is 1.83 bits per heavy atom. The topological polar surface area (TPSA) is 140 Å². The van der Waals surface area contributed by atoms with Crippen LogP contribution < -0.4 is 14.8 Å². The first-order valence-corrected chi connectivity index (χ1v) is 14.1. The Morgan fingerprint density at radius 1 is 0.804 bits per heavy atom. The standard InChI is InChI=1S/C33H31F3N6O4/c1-22(45-27-16-18-28(19-17-27)46-33(34,35)36)31(44)42(20-23-12-14-26(15-13-23)30(43)39-32(40-37)41-38)21-29(24-8-4-2-5-9-24)25-10-6-3-7-11-25/h2-19,22,29,32,37-38H,20-21H2,1H3,(H,39,43). The Kier molecular flexibility index (Phi) is 11.2. The van der Waals surface area contributed by atoms with E-state index in [0.29, 0.717) is 5.56 Å². The minimum atomic E-state index is -4.83. The van der Waals surface area contributed by atoms with Crippen LogP contribution in [-0.4, -0.2) is 42.0 Å². The number of nitrogens with zero attached hydrogens (tertiary/aromatic N) is 3. The van der Waals surface area contributed by atoms with Gasteiger partial charge in [0.1, 0.15) is 11.5 Å². The molecule has 0 spiro atoms. The van der Waals surface area contributed by atoms with E-state index < -0.39 is 30.4 Å². The Bertz CT molecular complexity index is 1560. The Hall–Kier alpha value is -5.59.